The van der Waals surface area contributed by atoms with Crippen LogP contribution in [0.15, 0.2) is 53.2 Å². The van der Waals surface area contributed by atoms with Crippen molar-refractivity contribution < 1.29 is 27.9 Å². The maximum absolute atomic E-state index is 16.2. The molecule has 2 unspecified atom stereocenters. The lowest BCUT2D eigenvalue weighted by Gasteiger charge is -2.40. The fourth-order valence-corrected chi connectivity index (χ4v) is 7.53. The van der Waals surface area contributed by atoms with Gasteiger partial charge in [0.25, 0.3) is 5.89 Å². The Morgan fingerprint density at radius 2 is 1.94 bits per heavy atom. The largest absolute Gasteiger partial charge is 0.467 e. The van der Waals surface area contributed by atoms with Gasteiger partial charge in [-0.2, -0.15) is 15.0 Å². The molecule has 3 aromatic heterocycles. The van der Waals surface area contributed by atoms with Gasteiger partial charge in [0.1, 0.15) is 28.8 Å². The van der Waals surface area contributed by atoms with Gasteiger partial charge in [0.05, 0.1) is 12.5 Å². The molecule has 0 spiro atoms. The van der Waals surface area contributed by atoms with Crippen LogP contribution in [-0.2, 0) is 10.4 Å². The summed E-state index contributed by atoms with van der Waals surface area (Å²) in [5.41, 5.74) is -0.476. The first-order valence-corrected chi connectivity index (χ1v) is 18.0. The minimum absolute atomic E-state index is 0.0238. The maximum atomic E-state index is 16.2. The monoisotopic (exact) mass is 746 g/mol. The highest BCUT2D eigenvalue weighted by Gasteiger charge is 2.35. The summed E-state index contributed by atoms with van der Waals surface area (Å²) in [6, 6.07) is 11.7. The Labute approximate surface area is 310 Å². The molecule has 2 aromatic carbocycles. The van der Waals surface area contributed by atoms with Gasteiger partial charge in [-0.3, -0.25) is 14.7 Å². The summed E-state index contributed by atoms with van der Waals surface area (Å²) < 4.78 is 39.2. The van der Waals surface area contributed by atoms with E-state index in [0.717, 1.165) is 18.4 Å². The van der Waals surface area contributed by atoms with E-state index in [-0.39, 0.29) is 40.8 Å². The molecule has 0 radical (unpaired) electrons. The van der Waals surface area contributed by atoms with Gasteiger partial charge in [-0.1, -0.05) is 47.1 Å². The molecule has 2 atom stereocenters. The molecule has 3 aliphatic heterocycles. The smallest absolute Gasteiger partial charge is 0.318 e. The summed E-state index contributed by atoms with van der Waals surface area (Å²) in [7, 11) is 3.27. The zero-order chi connectivity index (χ0) is 37.4. The first-order valence-electron chi connectivity index (χ1n) is 17.6. The van der Waals surface area contributed by atoms with Crippen molar-refractivity contribution in [1.82, 2.24) is 34.9 Å². The number of carbonyl (C=O) groups is 1. The summed E-state index contributed by atoms with van der Waals surface area (Å²) in [6.45, 7) is 6.53. The molecule has 0 aliphatic carbocycles. The van der Waals surface area contributed by atoms with Crippen LogP contribution in [0.3, 0.4) is 0 Å². The molecule has 3 fully saturated rings. The predicted octanol–water partition coefficient (Wildman–Crippen LogP) is 6.06. The predicted molar refractivity (Wildman–Crippen MR) is 198 cm³/mol. The van der Waals surface area contributed by atoms with Gasteiger partial charge in [0, 0.05) is 79.5 Å². The molecule has 8 rings (SSSR count). The van der Waals surface area contributed by atoms with Gasteiger partial charge in [0.2, 0.25) is 11.7 Å². The minimum Gasteiger partial charge on any atom is -0.467 e. The van der Waals surface area contributed by atoms with Crippen LogP contribution in [0.2, 0.25) is 5.02 Å². The number of anilines is 1. The second-order valence-electron chi connectivity index (χ2n) is 14.3. The first-order chi connectivity index (χ1) is 25.4. The van der Waals surface area contributed by atoms with Crippen molar-refractivity contribution in [2.24, 2.45) is 5.92 Å². The number of rotatable bonds is 8. The van der Waals surface area contributed by atoms with Crippen molar-refractivity contribution in [3.05, 3.63) is 71.2 Å². The standard InChI is InChI=1S/C31H29ClFN7O4.C7H12FN/c1-31(2,42)29-35-22(44-38-29)11-12-23(41)40-15-17(16-40)14-39(3)28-20-13-34-26(25(33)27(20)36-30(37-28)43-4)19-9-5-7-18-8-6-10-21(32)24(18)19;8-6-4-7-2-1-3-9(7)5-6/h5-13,17,42H,14-16H2,1-4H3;6-7H,1-5H2/b12-11+;. The van der Waals surface area contributed by atoms with E-state index >= 15 is 4.39 Å². The molecular formula is C38H41ClF2N8O4. The highest BCUT2D eigenvalue weighted by molar-refractivity contribution is 6.36. The molecule has 3 aliphatic rings. The lowest BCUT2D eigenvalue weighted by atomic mass is 9.99. The number of hydrogen-bond acceptors (Lipinski definition) is 11. The van der Waals surface area contributed by atoms with E-state index in [2.05, 4.69) is 30.0 Å². The normalized spacial score (nSPS) is 19.1. The van der Waals surface area contributed by atoms with Crippen molar-refractivity contribution in [2.75, 3.05) is 51.8 Å². The van der Waals surface area contributed by atoms with Crippen LogP contribution in [0, 0.1) is 11.7 Å². The number of halogens is 3. The topological polar surface area (TPSA) is 134 Å². The van der Waals surface area contributed by atoms with Crippen LogP contribution >= 0.6 is 11.6 Å². The van der Waals surface area contributed by atoms with Crippen molar-refractivity contribution >= 4 is 51.1 Å². The van der Waals surface area contributed by atoms with Crippen molar-refractivity contribution in [3.63, 3.8) is 0 Å². The van der Waals surface area contributed by atoms with E-state index in [4.69, 9.17) is 20.9 Å². The molecule has 278 valence electrons. The first kappa shape index (κ1) is 36.6. The number of amides is 1. The van der Waals surface area contributed by atoms with Crippen molar-refractivity contribution in [1.29, 1.82) is 0 Å². The van der Waals surface area contributed by atoms with E-state index in [1.807, 2.05) is 36.2 Å². The van der Waals surface area contributed by atoms with Gasteiger partial charge in [-0.15, -0.1) is 0 Å². The van der Waals surface area contributed by atoms with Crippen LogP contribution in [0.4, 0.5) is 14.6 Å². The Morgan fingerprint density at radius 1 is 1.17 bits per heavy atom. The number of methoxy groups -OCH3 is 1. The fourth-order valence-electron chi connectivity index (χ4n) is 7.25. The summed E-state index contributed by atoms with van der Waals surface area (Å²) >= 11 is 6.51. The maximum Gasteiger partial charge on any atom is 0.318 e. The molecule has 53 heavy (non-hydrogen) atoms. The number of alkyl halides is 1. The zero-order valence-corrected chi connectivity index (χ0v) is 30.7. The summed E-state index contributed by atoms with van der Waals surface area (Å²) in [6.07, 6.45) is 7.16. The summed E-state index contributed by atoms with van der Waals surface area (Å²) in [5.74, 6) is 0.0684. The second kappa shape index (κ2) is 14.9. The number of nitrogens with zero attached hydrogens (tertiary/aromatic N) is 8. The number of likely N-dealkylation sites (tertiary alicyclic amines) is 1. The van der Waals surface area contributed by atoms with Crippen molar-refractivity contribution in [3.8, 4) is 17.3 Å². The number of hydrogen-bond donors (Lipinski definition) is 1. The van der Waals surface area contributed by atoms with Crippen LogP contribution in [0.1, 0.15) is 44.8 Å². The van der Waals surface area contributed by atoms with Gasteiger partial charge < -0.3 is 24.2 Å². The second-order valence-corrected chi connectivity index (χ2v) is 14.7. The third kappa shape index (κ3) is 7.66. The molecule has 5 aromatic rings. The molecule has 15 heteroatoms. The Morgan fingerprint density at radius 3 is 2.66 bits per heavy atom. The molecule has 0 saturated carbocycles. The fraction of sp³-hybridized carbons (Fsp3) is 0.421. The molecule has 6 heterocycles. The Bertz CT molecular complexity index is 2150. The molecule has 1 amide bonds. The van der Waals surface area contributed by atoms with E-state index in [9.17, 15) is 14.3 Å². The van der Waals surface area contributed by atoms with Crippen LogP contribution in [-0.4, -0.2) is 105 Å². The highest BCUT2D eigenvalue weighted by atomic mass is 35.5. The SMILES string of the molecule is COc1nc(N(C)CC2CN(C(=O)/C=C/c3nc(C(C)(C)O)no3)C2)c2cnc(-c3cccc4cccc(Cl)c34)c(F)c2n1.FC1CC2CCCN2C1. The molecular weight excluding hydrogens is 706 g/mol. The summed E-state index contributed by atoms with van der Waals surface area (Å²) in [4.78, 5) is 35.9. The number of pyridine rings is 1. The third-order valence-electron chi connectivity index (χ3n) is 9.91. The lowest BCUT2D eigenvalue weighted by Crippen LogP contribution is -2.53. The van der Waals surface area contributed by atoms with Gasteiger partial charge in [-0.25, -0.2) is 8.78 Å². The lowest BCUT2D eigenvalue weighted by molar-refractivity contribution is -0.131. The third-order valence-corrected chi connectivity index (χ3v) is 10.2. The Hall–Kier alpha value is -4.79. The molecule has 0 bridgehead atoms. The van der Waals surface area contributed by atoms with E-state index in [1.54, 1.807) is 37.1 Å². The number of fused-ring (bicyclic) bond motifs is 3. The van der Waals surface area contributed by atoms with E-state index in [0.29, 0.717) is 59.4 Å². The summed E-state index contributed by atoms with van der Waals surface area (Å²) in [5, 5.41) is 16.2. The highest BCUT2D eigenvalue weighted by Crippen LogP contribution is 2.37. The molecule has 1 N–H and O–H groups in total. The van der Waals surface area contributed by atoms with Gasteiger partial charge >= 0.3 is 6.01 Å². The minimum atomic E-state index is -1.25. The Kier molecular flexibility index (Phi) is 10.3. The number of ether oxygens (including phenoxy) is 1. The van der Waals surface area contributed by atoms with Crippen LogP contribution in [0.25, 0.3) is 39.0 Å². The van der Waals surface area contributed by atoms with Crippen molar-refractivity contribution in [2.45, 2.75) is 50.9 Å². The van der Waals surface area contributed by atoms with Gasteiger partial charge in [-0.05, 0) is 51.1 Å². The molecule has 12 nitrogen and oxygen atoms in total. The van der Waals surface area contributed by atoms with E-state index in [1.165, 1.54) is 32.1 Å². The Balaban J connectivity index is 0.000000418. The average Bonchev–Trinajstić information content (AvgIpc) is 3.86. The quantitative estimate of drug-likeness (QED) is 0.186. The van der Waals surface area contributed by atoms with Crippen LogP contribution < -0.4 is 9.64 Å². The number of aromatic nitrogens is 5. The van der Waals surface area contributed by atoms with Crippen LogP contribution in [0.5, 0.6) is 6.01 Å². The number of aliphatic hydroxyl groups is 1. The van der Waals surface area contributed by atoms with Gasteiger partial charge in [0.15, 0.2) is 5.82 Å². The average molecular weight is 747 g/mol. The van der Waals surface area contributed by atoms with E-state index < -0.39 is 17.6 Å². The molecule has 3 saturated heterocycles. The number of carbonyl (C=O) groups excluding carboxylic acids is 1. The zero-order valence-electron chi connectivity index (χ0n) is 30.0. The number of benzene rings is 2.